The molecule has 28 heavy (non-hydrogen) atoms. The summed E-state index contributed by atoms with van der Waals surface area (Å²) in [6, 6.07) is 8.48. The molecule has 0 aromatic heterocycles. The largest absolute Gasteiger partial charge is 0.327 e. The van der Waals surface area contributed by atoms with Crippen molar-refractivity contribution in [3.05, 3.63) is 59.4 Å². The molecule has 0 amide bonds. The quantitative estimate of drug-likeness (QED) is 0.483. The number of rotatable bonds is 9. The van der Waals surface area contributed by atoms with Crippen LogP contribution in [0.15, 0.2) is 36.4 Å². The van der Waals surface area contributed by atoms with Gasteiger partial charge >= 0.3 is 0 Å². The summed E-state index contributed by atoms with van der Waals surface area (Å²) >= 11 is 0. The lowest BCUT2D eigenvalue weighted by Gasteiger charge is -2.39. The van der Waals surface area contributed by atoms with E-state index >= 15 is 0 Å². The number of hydrogen-bond donors (Lipinski definition) is 2. The molecule has 0 spiro atoms. The van der Waals surface area contributed by atoms with Crippen LogP contribution in [0.1, 0.15) is 37.7 Å². The minimum Gasteiger partial charge on any atom is -0.327 e. The second kappa shape index (κ2) is 9.61. The van der Waals surface area contributed by atoms with Crippen molar-refractivity contribution in [2.24, 2.45) is 11.7 Å². The van der Waals surface area contributed by atoms with E-state index in [9.17, 15) is 13.2 Å². The van der Waals surface area contributed by atoms with Crippen molar-refractivity contribution in [3.8, 4) is 11.1 Å². The first-order valence-electron chi connectivity index (χ1n) is 9.90. The Hall–Kier alpha value is -1.79. The molecule has 2 aromatic rings. The molecule has 0 heterocycles. The van der Waals surface area contributed by atoms with Gasteiger partial charge in [0.1, 0.15) is 17.5 Å². The Balaban J connectivity index is 1.49. The third-order valence-electron chi connectivity index (χ3n) is 5.62. The Morgan fingerprint density at radius 2 is 1.68 bits per heavy atom. The van der Waals surface area contributed by atoms with Gasteiger partial charge in [0.25, 0.3) is 0 Å². The molecule has 1 saturated carbocycles. The van der Waals surface area contributed by atoms with Gasteiger partial charge in [-0.1, -0.05) is 31.3 Å². The Morgan fingerprint density at radius 3 is 2.32 bits per heavy atom. The average Bonchev–Trinajstić information content (AvgIpc) is 2.61. The Bertz CT molecular complexity index is 793. The molecule has 2 nitrogen and oxygen atoms in total. The standard InChI is InChI=1S/C22H26BF3N2/c23-8-2-1-3-22(27)15-10-17(11-15)28-13-14-4-6-18(20(25)9-14)19-7-5-16(24)12-21(19)26/h4-7,9,12,15,17,22,28H,1-3,8,10-11,13,27H2. The maximum atomic E-state index is 14.4. The van der Waals surface area contributed by atoms with Crippen molar-refractivity contribution >= 4 is 7.85 Å². The second-order valence-corrected chi connectivity index (χ2v) is 7.70. The van der Waals surface area contributed by atoms with E-state index in [1.165, 1.54) is 12.1 Å². The van der Waals surface area contributed by atoms with Gasteiger partial charge in [0, 0.05) is 35.8 Å². The van der Waals surface area contributed by atoms with Crippen LogP contribution in [0.25, 0.3) is 11.1 Å². The molecule has 0 saturated heterocycles. The van der Waals surface area contributed by atoms with Crippen LogP contribution in [-0.4, -0.2) is 19.9 Å². The Labute approximate surface area is 166 Å². The van der Waals surface area contributed by atoms with Gasteiger partial charge in [0.2, 0.25) is 0 Å². The maximum absolute atomic E-state index is 14.4. The van der Waals surface area contributed by atoms with Gasteiger partial charge in [-0.05, 0) is 48.9 Å². The summed E-state index contributed by atoms with van der Waals surface area (Å²) in [7, 11) is 5.51. The van der Waals surface area contributed by atoms with Gasteiger partial charge < -0.3 is 11.1 Å². The minimum atomic E-state index is -0.770. The van der Waals surface area contributed by atoms with E-state index < -0.39 is 17.5 Å². The molecule has 6 heteroatoms. The Morgan fingerprint density at radius 1 is 1.00 bits per heavy atom. The zero-order valence-electron chi connectivity index (χ0n) is 15.9. The zero-order chi connectivity index (χ0) is 20.1. The number of nitrogens with one attached hydrogen (secondary N) is 1. The van der Waals surface area contributed by atoms with E-state index in [1.807, 2.05) is 0 Å². The lowest BCUT2D eigenvalue weighted by molar-refractivity contribution is 0.181. The molecular weight excluding hydrogens is 360 g/mol. The van der Waals surface area contributed by atoms with Gasteiger partial charge in [-0.25, -0.2) is 13.2 Å². The van der Waals surface area contributed by atoms with Crippen molar-refractivity contribution in [2.75, 3.05) is 0 Å². The van der Waals surface area contributed by atoms with Gasteiger partial charge in [-0.2, -0.15) is 0 Å². The SMILES string of the molecule is [B]CCCCC(N)C1CC(NCc2ccc(-c3ccc(F)cc3F)c(F)c2)C1. The van der Waals surface area contributed by atoms with E-state index in [2.05, 4.69) is 5.32 Å². The first-order chi connectivity index (χ1) is 13.5. The van der Waals surface area contributed by atoms with Crippen LogP contribution in [0.5, 0.6) is 0 Å². The van der Waals surface area contributed by atoms with Crippen LogP contribution in [0, 0.1) is 23.4 Å². The highest BCUT2D eigenvalue weighted by molar-refractivity contribution is 6.08. The van der Waals surface area contributed by atoms with Crippen molar-refractivity contribution in [1.29, 1.82) is 0 Å². The summed E-state index contributed by atoms with van der Waals surface area (Å²) in [6.07, 6.45) is 5.89. The van der Waals surface area contributed by atoms with Gasteiger partial charge in [0.15, 0.2) is 0 Å². The molecule has 1 fully saturated rings. The summed E-state index contributed by atoms with van der Waals surface area (Å²) in [6.45, 7) is 0.545. The first-order valence-corrected chi connectivity index (χ1v) is 9.90. The summed E-state index contributed by atoms with van der Waals surface area (Å²) in [5, 5.41) is 3.43. The summed E-state index contributed by atoms with van der Waals surface area (Å²) in [5.74, 6) is -1.43. The van der Waals surface area contributed by atoms with Crippen molar-refractivity contribution in [3.63, 3.8) is 0 Å². The lowest BCUT2D eigenvalue weighted by Crippen LogP contribution is -2.48. The summed E-state index contributed by atoms with van der Waals surface area (Å²) in [4.78, 5) is 0. The van der Waals surface area contributed by atoms with E-state index in [-0.39, 0.29) is 17.2 Å². The molecule has 1 aliphatic rings. The van der Waals surface area contributed by atoms with E-state index in [4.69, 9.17) is 13.6 Å². The molecule has 3 rings (SSSR count). The molecule has 0 bridgehead atoms. The van der Waals surface area contributed by atoms with Gasteiger partial charge in [0.05, 0.1) is 7.85 Å². The third-order valence-corrected chi connectivity index (χ3v) is 5.62. The number of nitrogens with two attached hydrogens (primary N) is 1. The summed E-state index contributed by atoms with van der Waals surface area (Å²) < 4.78 is 41.4. The zero-order valence-corrected chi connectivity index (χ0v) is 15.9. The van der Waals surface area contributed by atoms with Gasteiger partial charge in [-0.15, -0.1) is 0 Å². The highest BCUT2D eigenvalue weighted by Gasteiger charge is 2.32. The van der Waals surface area contributed by atoms with Crippen LogP contribution in [0.2, 0.25) is 6.32 Å². The number of unbranched alkanes of at least 4 members (excludes halogenated alkanes) is 1. The van der Waals surface area contributed by atoms with E-state index in [0.29, 0.717) is 24.8 Å². The number of hydrogen-bond acceptors (Lipinski definition) is 2. The minimum absolute atomic E-state index is 0.0591. The fourth-order valence-electron chi connectivity index (χ4n) is 3.80. The Kier molecular flexibility index (Phi) is 7.19. The van der Waals surface area contributed by atoms with Crippen molar-refractivity contribution < 1.29 is 13.2 Å². The van der Waals surface area contributed by atoms with E-state index in [1.54, 1.807) is 12.1 Å². The normalized spacial score (nSPS) is 20.0. The molecular formula is C22H26BF3N2. The fraction of sp³-hybridized carbons (Fsp3) is 0.455. The van der Waals surface area contributed by atoms with Crippen molar-refractivity contribution in [1.82, 2.24) is 5.32 Å². The maximum Gasteiger partial charge on any atom is 0.134 e. The highest BCUT2D eigenvalue weighted by atomic mass is 19.1. The third kappa shape index (κ3) is 5.18. The highest BCUT2D eigenvalue weighted by Crippen LogP contribution is 2.32. The average molecular weight is 386 g/mol. The molecule has 0 aliphatic heterocycles. The lowest BCUT2D eigenvalue weighted by atomic mass is 9.74. The van der Waals surface area contributed by atoms with Crippen LogP contribution in [0.4, 0.5) is 13.2 Å². The van der Waals surface area contributed by atoms with Gasteiger partial charge in [-0.3, -0.25) is 0 Å². The second-order valence-electron chi connectivity index (χ2n) is 7.70. The predicted molar refractivity (Wildman–Crippen MR) is 107 cm³/mol. The molecule has 2 aromatic carbocycles. The van der Waals surface area contributed by atoms with Crippen LogP contribution in [-0.2, 0) is 6.54 Å². The van der Waals surface area contributed by atoms with Crippen LogP contribution >= 0.6 is 0 Å². The molecule has 1 aliphatic carbocycles. The predicted octanol–water partition coefficient (Wildman–Crippen LogP) is 4.72. The molecule has 3 N–H and O–H groups in total. The smallest absolute Gasteiger partial charge is 0.134 e. The number of benzene rings is 2. The molecule has 148 valence electrons. The summed E-state index contributed by atoms with van der Waals surface area (Å²) in [5.41, 5.74) is 7.21. The number of halogens is 3. The first kappa shape index (κ1) is 20.9. The fourth-order valence-corrected chi connectivity index (χ4v) is 3.80. The molecule has 1 atom stereocenters. The topological polar surface area (TPSA) is 38.0 Å². The van der Waals surface area contributed by atoms with Crippen LogP contribution < -0.4 is 11.1 Å². The monoisotopic (exact) mass is 386 g/mol. The molecule has 2 radical (unpaired) electrons. The van der Waals surface area contributed by atoms with Crippen LogP contribution in [0.3, 0.4) is 0 Å². The van der Waals surface area contributed by atoms with E-state index in [0.717, 1.165) is 49.8 Å². The molecule has 1 unspecified atom stereocenters. The van der Waals surface area contributed by atoms with Crippen molar-refractivity contribution in [2.45, 2.75) is 57.1 Å².